The third-order valence-corrected chi connectivity index (χ3v) is 8.27. The first kappa shape index (κ1) is 35.1. The third kappa shape index (κ3) is 11.0. The van der Waals surface area contributed by atoms with Gasteiger partial charge < -0.3 is 19.7 Å². The molecule has 0 unspecified atom stereocenters. The van der Waals surface area contributed by atoms with Crippen molar-refractivity contribution in [3.8, 4) is 0 Å². The second kappa shape index (κ2) is 19.1. The molecule has 1 aliphatic rings. The Bertz CT molecular complexity index is 1140. The van der Waals surface area contributed by atoms with E-state index in [1.165, 1.54) is 94.4 Å². The van der Waals surface area contributed by atoms with Crippen LogP contribution >= 0.6 is 0 Å². The number of rotatable bonds is 22. The molecule has 2 aromatic rings. The van der Waals surface area contributed by atoms with E-state index in [1.807, 2.05) is 0 Å². The molecular formula is C32H55N5O6. The van der Waals surface area contributed by atoms with Crippen LogP contribution in [0, 0.1) is 5.92 Å². The molecule has 4 atom stereocenters. The van der Waals surface area contributed by atoms with Crippen LogP contribution < -0.4 is 10.9 Å². The summed E-state index contributed by atoms with van der Waals surface area (Å²) in [5, 5.41) is 23.2. The highest BCUT2D eigenvalue weighted by atomic mass is 16.6. The number of hydrogen-bond donors (Lipinski definition) is 4. The van der Waals surface area contributed by atoms with E-state index in [0.29, 0.717) is 6.61 Å². The highest BCUT2D eigenvalue weighted by molar-refractivity contribution is 5.91. The molecule has 1 aliphatic heterocycles. The van der Waals surface area contributed by atoms with Crippen LogP contribution in [0.25, 0.3) is 11.2 Å². The number of carbonyl (C=O) groups is 1. The molecule has 3 heterocycles. The van der Waals surface area contributed by atoms with Crippen molar-refractivity contribution in [2.75, 3.05) is 18.5 Å². The number of aromatic amines is 1. The Balaban J connectivity index is 1.39. The van der Waals surface area contributed by atoms with Gasteiger partial charge in [0.25, 0.3) is 5.56 Å². The molecule has 0 bridgehead atoms. The Hall–Kier alpha value is -2.34. The molecule has 43 heavy (non-hydrogen) atoms. The van der Waals surface area contributed by atoms with Crippen molar-refractivity contribution < 1.29 is 24.5 Å². The van der Waals surface area contributed by atoms with Crippen LogP contribution in [0.4, 0.5) is 5.95 Å². The molecule has 0 saturated carbocycles. The lowest BCUT2D eigenvalue weighted by molar-refractivity contribution is -0.118. The highest BCUT2D eigenvalue weighted by Gasteiger charge is 2.46. The molecular weight excluding hydrogens is 550 g/mol. The fraction of sp³-hybridized carbons (Fsp3) is 0.812. The smallest absolute Gasteiger partial charge is 0.280 e. The van der Waals surface area contributed by atoms with Crippen LogP contribution in [-0.2, 0) is 14.3 Å². The van der Waals surface area contributed by atoms with Gasteiger partial charge in [-0.1, -0.05) is 117 Å². The number of imidazole rings is 1. The van der Waals surface area contributed by atoms with Crippen molar-refractivity contribution >= 4 is 23.0 Å². The van der Waals surface area contributed by atoms with Gasteiger partial charge in [-0.25, -0.2) is 4.98 Å². The molecule has 1 saturated heterocycles. The number of amides is 1. The molecule has 4 N–H and O–H groups in total. The highest BCUT2D eigenvalue weighted by Crippen LogP contribution is 2.33. The van der Waals surface area contributed by atoms with E-state index >= 15 is 0 Å². The van der Waals surface area contributed by atoms with Crippen LogP contribution in [-0.4, -0.2) is 67.2 Å². The van der Waals surface area contributed by atoms with Gasteiger partial charge in [-0.05, 0) is 6.42 Å². The summed E-state index contributed by atoms with van der Waals surface area (Å²) in [5.41, 5.74) is -0.245. The zero-order valence-electron chi connectivity index (χ0n) is 26.6. The van der Waals surface area contributed by atoms with Gasteiger partial charge in [0.2, 0.25) is 11.9 Å². The van der Waals surface area contributed by atoms with E-state index in [9.17, 15) is 19.8 Å². The van der Waals surface area contributed by atoms with E-state index in [0.717, 1.165) is 19.3 Å². The molecule has 3 rings (SSSR count). The number of unbranched alkanes of at least 4 members (excludes halogenated alkanes) is 15. The van der Waals surface area contributed by atoms with Gasteiger partial charge in [-0.3, -0.25) is 24.5 Å². The number of anilines is 1. The standard InChI is InChI=1S/C32H55N5O6/c1-4-5-6-7-8-9-10-11-12-13-14-15-16-17-18-19-20-42-27-26(39)24(21-38)43-31(27)37-22-33-25-28(37)34-32(36-30(25)41)35-29(40)23(2)3/h22-24,26-27,31,38-39H,4-21H2,1-3H3,(H2,34,35,36,40,41)/t24-,26-,27-,31-/m1/s1. The Kier molecular flexibility index (Phi) is 15.6. The Morgan fingerprint density at radius 3 is 2.09 bits per heavy atom. The second-order valence-electron chi connectivity index (χ2n) is 12.3. The minimum Gasteiger partial charge on any atom is -0.394 e. The predicted molar refractivity (Wildman–Crippen MR) is 168 cm³/mol. The molecule has 244 valence electrons. The number of hydrogen-bond acceptors (Lipinski definition) is 8. The number of aliphatic hydroxyl groups is 2. The monoisotopic (exact) mass is 605 g/mol. The molecule has 0 spiro atoms. The topological polar surface area (TPSA) is 152 Å². The number of aromatic nitrogens is 4. The molecule has 11 heteroatoms. The zero-order chi connectivity index (χ0) is 31.0. The minimum atomic E-state index is -1.06. The molecule has 11 nitrogen and oxygen atoms in total. The van der Waals surface area contributed by atoms with Crippen LogP contribution in [0.1, 0.15) is 130 Å². The summed E-state index contributed by atoms with van der Waals surface area (Å²) in [6.07, 6.45) is 18.5. The average Bonchev–Trinajstić information content (AvgIpc) is 3.55. The van der Waals surface area contributed by atoms with Gasteiger partial charge in [0.05, 0.1) is 12.9 Å². The van der Waals surface area contributed by atoms with Crippen molar-refractivity contribution in [1.29, 1.82) is 0 Å². The van der Waals surface area contributed by atoms with E-state index in [4.69, 9.17) is 9.47 Å². The number of ether oxygens (including phenoxy) is 2. The molecule has 1 amide bonds. The van der Waals surface area contributed by atoms with E-state index in [2.05, 4.69) is 27.2 Å². The number of nitrogens with zero attached hydrogens (tertiary/aromatic N) is 3. The maximum Gasteiger partial charge on any atom is 0.280 e. The fourth-order valence-electron chi connectivity index (χ4n) is 5.58. The van der Waals surface area contributed by atoms with Crippen LogP contribution in [0.3, 0.4) is 0 Å². The zero-order valence-corrected chi connectivity index (χ0v) is 26.6. The van der Waals surface area contributed by atoms with Crippen molar-refractivity contribution in [1.82, 2.24) is 19.5 Å². The van der Waals surface area contributed by atoms with E-state index in [1.54, 1.807) is 13.8 Å². The summed E-state index contributed by atoms with van der Waals surface area (Å²) >= 11 is 0. The number of nitrogens with one attached hydrogen (secondary N) is 2. The average molecular weight is 606 g/mol. The van der Waals surface area contributed by atoms with E-state index < -0.39 is 30.1 Å². The quantitative estimate of drug-likeness (QED) is 0.126. The van der Waals surface area contributed by atoms with Crippen LogP contribution in [0.5, 0.6) is 0 Å². The third-order valence-electron chi connectivity index (χ3n) is 8.27. The lowest BCUT2D eigenvalue weighted by Crippen LogP contribution is -2.35. The summed E-state index contributed by atoms with van der Waals surface area (Å²) in [4.78, 5) is 35.9. The predicted octanol–water partition coefficient (Wildman–Crippen LogP) is 5.61. The first-order valence-corrected chi connectivity index (χ1v) is 16.7. The molecule has 0 aliphatic carbocycles. The molecule has 1 fully saturated rings. The Labute approximate surface area is 256 Å². The summed E-state index contributed by atoms with van der Waals surface area (Å²) in [6.45, 7) is 5.79. The van der Waals surface area contributed by atoms with Crippen molar-refractivity contribution in [2.45, 2.75) is 148 Å². The first-order chi connectivity index (χ1) is 20.9. The number of aliphatic hydroxyl groups excluding tert-OH is 2. The Morgan fingerprint density at radius 1 is 1.00 bits per heavy atom. The fourth-order valence-corrected chi connectivity index (χ4v) is 5.58. The van der Waals surface area contributed by atoms with Crippen LogP contribution in [0.15, 0.2) is 11.1 Å². The van der Waals surface area contributed by atoms with Gasteiger partial charge in [0, 0.05) is 12.5 Å². The van der Waals surface area contributed by atoms with Gasteiger partial charge in [0.15, 0.2) is 17.4 Å². The lowest BCUT2D eigenvalue weighted by Gasteiger charge is -2.22. The summed E-state index contributed by atoms with van der Waals surface area (Å²) < 4.78 is 13.5. The van der Waals surface area contributed by atoms with Crippen molar-refractivity contribution in [2.24, 2.45) is 5.92 Å². The van der Waals surface area contributed by atoms with Gasteiger partial charge >= 0.3 is 0 Å². The normalized spacial score (nSPS) is 20.4. The van der Waals surface area contributed by atoms with Gasteiger partial charge in [0.1, 0.15) is 18.3 Å². The lowest BCUT2D eigenvalue weighted by atomic mass is 10.0. The van der Waals surface area contributed by atoms with Gasteiger partial charge in [-0.15, -0.1) is 0 Å². The second-order valence-corrected chi connectivity index (χ2v) is 12.3. The molecule has 2 aromatic heterocycles. The molecule has 0 aromatic carbocycles. The number of carbonyl (C=O) groups excluding carboxylic acids is 1. The van der Waals surface area contributed by atoms with Crippen LogP contribution in [0.2, 0.25) is 0 Å². The van der Waals surface area contributed by atoms with Crippen molar-refractivity contribution in [3.05, 3.63) is 16.7 Å². The summed E-state index contributed by atoms with van der Waals surface area (Å²) in [5.74, 6) is -0.589. The summed E-state index contributed by atoms with van der Waals surface area (Å²) in [6, 6.07) is 0. The maximum absolute atomic E-state index is 12.6. The summed E-state index contributed by atoms with van der Waals surface area (Å²) in [7, 11) is 0. The van der Waals surface area contributed by atoms with Gasteiger partial charge in [-0.2, -0.15) is 4.98 Å². The number of fused-ring (bicyclic) bond motifs is 1. The van der Waals surface area contributed by atoms with E-state index in [-0.39, 0.29) is 35.5 Å². The SMILES string of the molecule is CCCCCCCCCCCCCCCCCCO[C@@H]1[C@H](O)[C@@H](CO)O[C@H]1n1cnc2c(=O)[nH]c(NC(=O)C(C)C)nc21. The van der Waals surface area contributed by atoms with Crippen molar-refractivity contribution in [3.63, 3.8) is 0 Å². The first-order valence-electron chi connectivity index (χ1n) is 16.7. The number of H-pyrrole nitrogens is 1. The maximum atomic E-state index is 12.6. The molecule has 0 radical (unpaired) electrons. The minimum absolute atomic E-state index is 0.000776. The largest absolute Gasteiger partial charge is 0.394 e. The Morgan fingerprint density at radius 2 is 1.56 bits per heavy atom.